The van der Waals surface area contributed by atoms with E-state index in [9.17, 15) is 13.2 Å². The number of alkyl halides is 3. The molecular formula is C15H19F3N2. The first-order chi connectivity index (χ1) is 9.25. The Kier molecular flexibility index (Phi) is 3.80. The van der Waals surface area contributed by atoms with Crippen LogP contribution < -0.4 is 0 Å². The van der Waals surface area contributed by atoms with Gasteiger partial charge in [-0.2, -0.15) is 13.2 Å². The van der Waals surface area contributed by atoms with Crippen LogP contribution in [0.15, 0.2) is 18.2 Å². The Bertz CT molecular complexity index is 611. The summed E-state index contributed by atoms with van der Waals surface area (Å²) in [5.74, 6) is 1.01. The quantitative estimate of drug-likeness (QED) is 0.762. The van der Waals surface area contributed by atoms with Gasteiger partial charge in [0.05, 0.1) is 16.6 Å². The molecule has 0 aliphatic heterocycles. The van der Waals surface area contributed by atoms with Gasteiger partial charge >= 0.3 is 6.18 Å². The van der Waals surface area contributed by atoms with E-state index in [0.29, 0.717) is 5.52 Å². The SMILES string of the molecule is CCC(C)n1c(C(C)C)nc2cc(C(F)(F)F)ccc21. The second-order valence-corrected chi connectivity index (χ2v) is 5.45. The van der Waals surface area contributed by atoms with E-state index in [2.05, 4.69) is 23.4 Å². The molecule has 2 aromatic rings. The molecule has 2 nitrogen and oxygen atoms in total. The standard InChI is InChI=1S/C15H19F3N2/c1-5-10(4)20-13-7-6-11(15(16,17)18)8-12(13)19-14(20)9(2)3/h6-10H,5H2,1-4H3. The zero-order valence-corrected chi connectivity index (χ0v) is 12.1. The Labute approximate surface area is 116 Å². The van der Waals surface area contributed by atoms with E-state index in [1.54, 1.807) is 0 Å². The molecule has 0 saturated carbocycles. The number of hydrogen-bond acceptors (Lipinski definition) is 1. The van der Waals surface area contributed by atoms with Gasteiger partial charge < -0.3 is 4.57 Å². The van der Waals surface area contributed by atoms with Crippen molar-refractivity contribution in [3.05, 3.63) is 29.6 Å². The first-order valence-electron chi connectivity index (χ1n) is 6.84. The van der Waals surface area contributed by atoms with Gasteiger partial charge in [-0.1, -0.05) is 20.8 Å². The molecule has 0 saturated heterocycles. The summed E-state index contributed by atoms with van der Waals surface area (Å²) in [5.41, 5.74) is 0.550. The Morgan fingerprint density at radius 3 is 2.35 bits per heavy atom. The van der Waals surface area contributed by atoms with Gasteiger partial charge in [0.1, 0.15) is 5.82 Å². The average molecular weight is 284 g/mol. The van der Waals surface area contributed by atoms with Crippen molar-refractivity contribution >= 4 is 11.0 Å². The fourth-order valence-electron chi connectivity index (χ4n) is 2.35. The van der Waals surface area contributed by atoms with Crippen molar-refractivity contribution < 1.29 is 13.2 Å². The maximum Gasteiger partial charge on any atom is 0.416 e. The number of nitrogens with zero attached hydrogens (tertiary/aromatic N) is 2. The summed E-state index contributed by atoms with van der Waals surface area (Å²) < 4.78 is 40.4. The van der Waals surface area contributed by atoms with Crippen LogP contribution in [0.3, 0.4) is 0 Å². The molecular weight excluding hydrogens is 265 g/mol. The zero-order chi connectivity index (χ0) is 15.1. The lowest BCUT2D eigenvalue weighted by Gasteiger charge is -2.17. The van der Waals surface area contributed by atoms with Crippen LogP contribution in [0.5, 0.6) is 0 Å². The highest BCUT2D eigenvalue weighted by Gasteiger charge is 2.31. The summed E-state index contributed by atoms with van der Waals surface area (Å²) in [6.07, 6.45) is -3.42. The summed E-state index contributed by atoms with van der Waals surface area (Å²) in [7, 11) is 0. The highest BCUT2D eigenvalue weighted by molar-refractivity contribution is 5.77. The van der Waals surface area contributed by atoms with Crippen LogP contribution in [0, 0.1) is 0 Å². The van der Waals surface area contributed by atoms with Crippen molar-refractivity contribution in [1.82, 2.24) is 9.55 Å². The molecule has 0 radical (unpaired) electrons. The molecule has 1 unspecified atom stereocenters. The van der Waals surface area contributed by atoms with Crippen molar-refractivity contribution in [2.24, 2.45) is 0 Å². The predicted molar refractivity (Wildman–Crippen MR) is 73.8 cm³/mol. The van der Waals surface area contributed by atoms with Gasteiger partial charge in [-0.25, -0.2) is 4.98 Å². The molecule has 0 aliphatic carbocycles. The zero-order valence-electron chi connectivity index (χ0n) is 12.1. The van der Waals surface area contributed by atoms with Gasteiger partial charge in [-0.15, -0.1) is 0 Å². The molecule has 0 spiro atoms. The van der Waals surface area contributed by atoms with Crippen molar-refractivity contribution in [3.8, 4) is 0 Å². The molecule has 110 valence electrons. The van der Waals surface area contributed by atoms with Crippen molar-refractivity contribution in [3.63, 3.8) is 0 Å². The molecule has 0 amide bonds. The van der Waals surface area contributed by atoms with Gasteiger partial charge in [-0.05, 0) is 31.5 Å². The second kappa shape index (κ2) is 5.11. The third-order valence-corrected chi connectivity index (χ3v) is 3.59. The Morgan fingerprint density at radius 2 is 1.85 bits per heavy atom. The van der Waals surface area contributed by atoms with Crippen molar-refractivity contribution in [1.29, 1.82) is 0 Å². The van der Waals surface area contributed by atoms with Crippen LogP contribution in [0.2, 0.25) is 0 Å². The van der Waals surface area contributed by atoms with Crippen molar-refractivity contribution in [2.75, 3.05) is 0 Å². The number of halogens is 3. The summed E-state index contributed by atoms with van der Waals surface area (Å²) in [5, 5.41) is 0. The Morgan fingerprint density at radius 1 is 1.20 bits per heavy atom. The fraction of sp³-hybridized carbons (Fsp3) is 0.533. The smallest absolute Gasteiger partial charge is 0.325 e. The van der Waals surface area contributed by atoms with E-state index in [1.807, 2.05) is 13.8 Å². The Balaban J connectivity index is 2.68. The molecule has 2 rings (SSSR count). The van der Waals surface area contributed by atoms with E-state index in [4.69, 9.17) is 0 Å². The van der Waals surface area contributed by atoms with Gasteiger partial charge in [0.2, 0.25) is 0 Å². The predicted octanol–water partition coefficient (Wildman–Crippen LogP) is 5.15. The van der Waals surface area contributed by atoms with Gasteiger partial charge in [0, 0.05) is 12.0 Å². The summed E-state index contributed by atoms with van der Waals surface area (Å²) in [6.45, 7) is 8.13. The number of aromatic nitrogens is 2. The van der Waals surface area contributed by atoms with Gasteiger partial charge in [0.25, 0.3) is 0 Å². The highest BCUT2D eigenvalue weighted by atomic mass is 19.4. The minimum Gasteiger partial charge on any atom is -0.325 e. The topological polar surface area (TPSA) is 17.8 Å². The van der Waals surface area contributed by atoms with E-state index in [-0.39, 0.29) is 12.0 Å². The normalized spacial score (nSPS) is 14.2. The monoisotopic (exact) mass is 284 g/mol. The van der Waals surface area contributed by atoms with Crippen LogP contribution in [0.1, 0.15) is 57.5 Å². The van der Waals surface area contributed by atoms with Crippen LogP contribution >= 0.6 is 0 Å². The molecule has 1 aromatic carbocycles. The molecule has 1 aromatic heterocycles. The third kappa shape index (κ3) is 2.53. The lowest BCUT2D eigenvalue weighted by atomic mass is 10.1. The van der Waals surface area contributed by atoms with Crippen LogP contribution in [0.25, 0.3) is 11.0 Å². The average Bonchev–Trinajstić information content (AvgIpc) is 2.75. The van der Waals surface area contributed by atoms with E-state index < -0.39 is 11.7 Å². The van der Waals surface area contributed by atoms with Crippen LogP contribution in [-0.4, -0.2) is 9.55 Å². The second-order valence-electron chi connectivity index (χ2n) is 5.45. The van der Waals surface area contributed by atoms with Gasteiger partial charge in [0.15, 0.2) is 0 Å². The summed E-state index contributed by atoms with van der Waals surface area (Å²) in [4.78, 5) is 4.42. The van der Waals surface area contributed by atoms with E-state index >= 15 is 0 Å². The fourth-order valence-corrected chi connectivity index (χ4v) is 2.35. The molecule has 5 heteroatoms. The van der Waals surface area contributed by atoms with E-state index in [1.165, 1.54) is 6.07 Å². The van der Waals surface area contributed by atoms with Crippen molar-refractivity contribution in [2.45, 2.75) is 52.3 Å². The largest absolute Gasteiger partial charge is 0.416 e. The maximum atomic E-state index is 12.8. The number of hydrogen-bond donors (Lipinski definition) is 0. The summed E-state index contributed by atoms with van der Waals surface area (Å²) in [6, 6.07) is 4.02. The van der Waals surface area contributed by atoms with Crippen LogP contribution in [-0.2, 0) is 6.18 Å². The first-order valence-corrected chi connectivity index (χ1v) is 6.84. The molecule has 1 atom stereocenters. The lowest BCUT2D eigenvalue weighted by Crippen LogP contribution is -2.10. The van der Waals surface area contributed by atoms with Gasteiger partial charge in [-0.3, -0.25) is 0 Å². The molecule has 20 heavy (non-hydrogen) atoms. The summed E-state index contributed by atoms with van der Waals surface area (Å²) >= 11 is 0. The maximum absolute atomic E-state index is 12.8. The minimum atomic E-state index is -4.33. The molecule has 0 bridgehead atoms. The number of fused-ring (bicyclic) bond motifs is 1. The molecule has 0 fully saturated rings. The van der Waals surface area contributed by atoms with Crippen LogP contribution in [0.4, 0.5) is 13.2 Å². The first kappa shape index (κ1) is 14.9. The number of benzene rings is 1. The minimum absolute atomic E-state index is 0.172. The molecule has 0 aliphatic rings. The lowest BCUT2D eigenvalue weighted by molar-refractivity contribution is -0.137. The molecule has 1 heterocycles. The number of imidazole rings is 1. The Hall–Kier alpha value is -1.52. The molecule has 0 N–H and O–H groups in total. The highest BCUT2D eigenvalue weighted by Crippen LogP contribution is 2.33. The third-order valence-electron chi connectivity index (χ3n) is 3.59. The number of rotatable bonds is 3. The van der Waals surface area contributed by atoms with E-state index in [0.717, 1.165) is 29.9 Å².